The van der Waals surface area contributed by atoms with Crippen LogP contribution in [0.15, 0.2) is 42.7 Å². The van der Waals surface area contributed by atoms with E-state index in [9.17, 15) is 29.4 Å². The SMILES string of the molecule is CC(C)OC(=O)N[C@@H](CNC(=O)c1ccc(OCCNC(=O)NCc2ccncc2)cc1O)C(=O)O. The highest BCUT2D eigenvalue weighted by atomic mass is 16.6. The van der Waals surface area contributed by atoms with Crippen LogP contribution in [0.25, 0.3) is 0 Å². The first-order valence-electron chi connectivity index (χ1n) is 11.0. The van der Waals surface area contributed by atoms with Crippen LogP contribution in [0.5, 0.6) is 11.5 Å². The van der Waals surface area contributed by atoms with Crippen LogP contribution >= 0.6 is 0 Å². The maximum atomic E-state index is 12.4. The van der Waals surface area contributed by atoms with Crippen LogP contribution in [0.1, 0.15) is 29.8 Å². The Hall–Kier alpha value is -4.55. The van der Waals surface area contributed by atoms with Gasteiger partial charge in [-0.1, -0.05) is 0 Å². The molecule has 0 saturated carbocycles. The quantitative estimate of drug-likeness (QED) is 0.229. The third-order valence-electron chi connectivity index (χ3n) is 4.47. The summed E-state index contributed by atoms with van der Waals surface area (Å²) in [5.41, 5.74) is 0.782. The molecule has 1 aromatic heterocycles. The Balaban J connectivity index is 1.76. The van der Waals surface area contributed by atoms with Gasteiger partial charge in [0.25, 0.3) is 5.91 Å². The van der Waals surface area contributed by atoms with Crippen LogP contribution in [0.3, 0.4) is 0 Å². The molecule has 194 valence electrons. The molecule has 6 N–H and O–H groups in total. The molecule has 0 spiro atoms. The monoisotopic (exact) mass is 503 g/mol. The minimum absolute atomic E-state index is 0.103. The second-order valence-electron chi connectivity index (χ2n) is 7.69. The highest BCUT2D eigenvalue weighted by Crippen LogP contribution is 2.23. The Morgan fingerprint density at radius 3 is 2.39 bits per heavy atom. The van der Waals surface area contributed by atoms with Crippen molar-refractivity contribution < 1.29 is 38.9 Å². The summed E-state index contributed by atoms with van der Waals surface area (Å²) in [5, 5.41) is 29.2. The van der Waals surface area contributed by atoms with E-state index >= 15 is 0 Å². The van der Waals surface area contributed by atoms with Gasteiger partial charge in [0.05, 0.1) is 18.2 Å². The third kappa shape index (κ3) is 9.75. The summed E-state index contributed by atoms with van der Waals surface area (Å²) in [5.74, 6) is -2.27. The topological polar surface area (TPSA) is 188 Å². The van der Waals surface area contributed by atoms with Crippen molar-refractivity contribution in [2.24, 2.45) is 0 Å². The number of nitrogens with zero attached hydrogens (tertiary/aromatic N) is 1. The molecule has 0 aliphatic rings. The molecule has 13 heteroatoms. The van der Waals surface area contributed by atoms with Crippen LogP contribution < -0.4 is 26.0 Å². The van der Waals surface area contributed by atoms with Gasteiger partial charge in [-0.05, 0) is 43.7 Å². The number of rotatable bonds is 12. The van der Waals surface area contributed by atoms with Gasteiger partial charge in [0.2, 0.25) is 0 Å². The summed E-state index contributed by atoms with van der Waals surface area (Å²) >= 11 is 0. The molecule has 1 atom stereocenters. The van der Waals surface area contributed by atoms with Gasteiger partial charge in [0.1, 0.15) is 24.1 Å². The number of aliphatic carboxylic acids is 1. The van der Waals surface area contributed by atoms with E-state index in [0.29, 0.717) is 6.54 Å². The van der Waals surface area contributed by atoms with Crippen molar-refractivity contribution in [1.29, 1.82) is 0 Å². The highest BCUT2D eigenvalue weighted by molar-refractivity contribution is 5.97. The summed E-state index contributed by atoms with van der Waals surface area (Å²) in [6, 6.07) is 5.70. The molecule has 2 aromatic rings. The fourth-order valence-electron chi connectivity index (χ4n) is 2.75. The lowest BCUT2D eigenvalue weighted by molar-refractivity contribution is -0.139. The van der Waals surface area contributed by atoms with Crippen molar-refractivity contribution in [3.05, 3.63) is 53.9 Å². The van der Waals surface area contributed by atoms with Gasteiger partial charge in [-0.3, -0.25) is 9.78 Å². The number of carboxylic acid groups (broad SMARTS) is 1. The molecule has 0 fully saturated rings. The lowest BCUT2D eigenvalue weighted by Crippen LogP contribution is -2.48. The average Bonchev–Trinajstić information content (AvgIpc) is 2.83. The summed E-state index contributed by atoms with van der Waals surface area (Å²) in [4.78, 5) is 51.0. The number of carbonyl (C=O) groups is 4. The molecular weight excluding hydrogens is 474 g/mol. The van der Waals surface area contributed by atoms with Crippen molar-refractivity contribution in [1.82, 2.24) is 26.3 Å². The third-order valence-corrected chi connectivity index (χ3v) is 4.47. The summed E-state index contributed by atoms with van der Waals surface area (Å²) in [7, 11) is 0. The molecule has 0 radical (unpaired) electrons. The smallest absolute Gasteiger partial charge is 0.408 e. The van der Waals surface area contributed by atoms with Gasteiger partial charge in [-0.25, -0.2) is 14.4 Å². The Kier molecular flexibility index (Phi) is 10.8. The molecule has 36 heavy (non-hydrogen) atoms. The van der Waals surface area contributed by atoms with E-state index in [-0.39, 0.29) is 30.5 Å². The molecule has 0 bridgehead atoms. The lowest BCUT2D eigenvalue weighted by Gasteiger charge is -2.17. The second-order valence-corrected chi connectivity index (χ2v) is 7.69. The molecule has 1 heterocycles. The van der Waals surface area contributed by atoms with E-state index < -0.39 is 42.4 Å². The predicted octanol–water partition coefficient (Wildman–Crippen LogP) is 0.983. The van der Waals surface area contributed by atoms with E-state index in [2.05, 4.69) is 26.3 Å². The number of carbonyl (C=O) groups excluding carboxylic acids is 3. The van der Waals surface area contributed by atoms with E-state index in [1.165, 1.54) is 18.2 Å². The number of hydrogen-bond donors (Lipinski definition) is 6. The molecule has 0 unspecified atom stereocenters. The number of carboxylic acids is 1. The number of ether oxygens (including phenoxy) is 2. The van der Waals surface area contributed by atoms with E-state index in [4.69, 9.17) is 9.47 Å². The Morgan fingerprint density at radius 2 is 1.75 bits per heavy atom. The van der Waals surface area contributed by atoms with Crippen molar-refractivity contribution in [3.8, 4) is 11.5 Å². The van der Waals surface area contributed by atoms with Gasteiger partial charge in [-0.15, -0.1) is 0 Å². The van der Waals surface area contributed by atoms with Crippen molar-refractivity contribution >= 4 is 24.0 Å². The molecular formula is C23H29N5O8. The Bertz CT molecular complexity index is 1050. The van der Waals surface area contributed by atoms with E-state index in [1.54, 1.807) is 38.4 Å². The van der Waals surface area contributed by atoms with Gasteiger partial charge in [-0.2, -0.15) is 0 Å². The van der Waals surface area contributed by atoms with Gasteiger partial charge < -0.3 is 41.0 Å². The predicted molar refractivity (Wildman–Crippen MR) is 127 cm³/mol. The van der Waals surface area contributed by atoms with E-state index in [0.717, 1.165) is 5.56 Å². The van der Waals surface area contributed by atoms with Crippen LogP contribution in [0.4, 0.5) is 9.59 Å². The number of phenols is 1. The number of amides is 4. The fraction of sp³-hybridized carbons (Fsp3) is 0.348. The van der Waals surface area contributed by atoms with Crippen LogP contribution in [-0.4, -0.2) is 71.0 Å². The number of phenolic OH excluding ortho intramolecular Hbond substituents is 1. The molecule has 1 aromatic carbocycles. The van der Waals surface area contributed by atoms with E-state index in [1.807, 2.05) is 0 Å². The molecule has 2 rings (SSSR count). The maximum absolute atomic E-state index is 12.4. The van der Waals surface area contributed by atoms with Gasteiger partial charge in [0.15, 0.2) is 0 Å². The largest absolute Gasteiger partial charge is 0.507 e. The highest BCUT2D eigenvalue weighted by Gasteiger charge is 2.23. The fourth-order valence-corrected chi connectivity index (χ4v) is 2.75. The first-order valence-corrected chi connectivity index (χ1v) is 11.0. The number of hydrogen-bond acceptors (Lipinski definition) is 8. The van der Waals surface area contributed by atoms with Crippen LogP contribution in [0.2, 0.25) is 0 Å². The summed E-state index contributed by atoms with van der Waals surface area (Å²) < 4.78 is 10.3. The molecule has 4 amide bonds. The van der Waals surface area contributed by atoms with Crippen molar-refractivity contribution in [3.63, 3.8) is 0 Å². The molecule has 0 aliphatic carbocycles. The number of aromatic hydroxyl groups is 1. The maximum Gasteiger partial charge on any atom is 0.408 e. The standard InChI is InChI=1S/C23H29N5O8/c1-14(2)36-23(34)28-18(21(31)32)13-26-20(30)17-4-3-16(11-19(17)29)35-10-9-25-22(33)27-12-15-5-7-24-8-6-15/h3-8,11,14,18,29H,9-10,12-13H2,1-2H3,(H,26,30)(H,28,34)(H,31,32)(H2,25,27,33)/t18-/m0/s1. The normalized spacial score (nSPS) is 11.2. The lowest BCUT2D eigenvalue weighted by atomic mass is 10.1. The second kappa shape index (κ2) is 14.0. The average molecular weight is 504 g/mol. The first kappa shape index (κ1) is 27.7. The number of urea groups is 1. The Morgan fingerprint density at radius 1 is 1.03 bits per heavy atom. The molecule has 13 nitrogen and oxygen atoms in total. The summed E-state index contributed by atoms with van der Waals surface area (Å²) in [6.07, 6.45) is 1.88. The number of benzene rings is 1. The summed E-state index contributed by atoms with van der Waals surface area (Å²) in [6.45, 7) is 3.41. The first-order chi connectivity index (χ1) is 17.2. The van der Waals surface area contributed by atoms with Crippen molar-refractivity contribution in [2.45, 2.75) is 32.5 Å². The zero-order valence-corrected chi connectivity index (χ0v) is 19.8. The number of nitrogens with one attached hydrogen (secondary N) is 4. The van der Waals surface area contributed by atoms with Gasteiger partial charge in [0, 0.05) is 31.5 Å². The number of alkyl carbamates (subject to hydrolysis) is 1. The number of aromatic nitrogens is 1. The Labute approximate surface area is 207 Å². The van der Waals surface area contributed by atoms with Crippen LogP contribution in [0, 0.1) is 0 Å². The zero-order chi connectivity index (χ0) is 26.5. The zero-order valence-electron chi connectivity index (χ0n) is 19.8. The molecule has 0 saturated heterocycles. The minimum atomic E-state index is -1.43. The van der Waals surface area contributed by atoms with Crippen LogP contribution in [-0.2, 0) is 16.1 Å². The minimum Gasteiger partial charge on any atom is -0.507 e. The number of pyridine rings is 1. The van der Waals surface area contributed by atoms with Crippen molar-refractivity contribution in [2.75, 3.05) is 19.7 Å². The molecule has 0 aliphatic heterocycles. The van der Waals surface area contributed by atoms with Gasteiger partial charge >= 0.3 is 18.1 Å².